The molecule has 0 aromatic rings. The average Bonchev–Trinajstić information content (AvgIpc) is 0.989. The summed E-state index contributed by atoms with van der Waals surface area (Å²) in [6.45, 7) is 4.33. The Morgan fingerprint density at radius 1 is 0.411 bits per heavy atom. The zero-order valence-corrected chi connectivity index (χ0v) is 58.6. The van der Waals surface area contributed by atoms with E-state index in [1.165, 1.54) is 270 Å². The van der Waals surface area contributed by atoms with Gasteiger partial charge >= 0.3 is 5.97 Å². The van der Waals surface area contributed by atoms with E-state index in [0.717, 1.165) is 70.6 Å². The molecular formula is C79H145NO10. The molecule has 1 saturated heterocycles. The van der Waals surface area contributed by atoms with Gasteiger partial charge in [-0.05, 0) is 89.9 Å². The summed E-state index contributed by atoms with van der Waals surface area (Å²) in [6.07, 6.45) is 80.9. The third-order valence-corrected chi connectivity index (χ3v) is 18.1. The number of rotatable bonds is 68. The smallest absolute Gasteiger partial charge is 0.305 e. The zero-order valence-electron chi connectivity index (χ0n) is 58.6. The van der Waals surface area contributed by atoms with Crippen LogP contribution in [0.5, 0.6) is 0 Å². The first-order valence-electron chi connectivity index (χ1n) is 38.6. The lowest BCUT2D eigenvalue weighted by molar-refractivity contribution is -0.302. The van der Waals surface area contributed by atoms with Crippen LogP contribution in [0.4, 0.5) is 0 Å². The Labute approximate surface area is 554 Å². The maximum Gasteiger partial charge on any atom is 0.305 e. The number of hydrogen-bond acceptors (Lipinski definition) is 10. The van der Waals surface area contributed by atoms with E-state index in [1.807, 2.05) is 6.08 Å². The molecule has 1 fully saturated rings. The third-order valence-electron chi connectivity index (χ3n) is 18.1. The topological polar surface area (TPSA) is 175 Å². The number of aliphatic hydroxyl groups excluding tert-OH is 5. The fraction of sp³-hybridized carbons (Fsp3) is 0.848. The second kappa shape index (κ2) is 67.8. The van der Waals surface area contributed by atoms with Crippen LogP contribution >= 0.6 is 0 Å². The van der Waals surface area contributed by atoms with Crippen molar-refractivity contribution in [2.75, 3.05) is 19.8 Å². The number of ether oxygens (including phenoxy) is 3. The van der Waals surface area contributed by atoms with Gasteiger partial charge in [0.25, 0.3) is 0 Å². The highest BCUT2D eigenvalue weighted by Crippen LogP contribution is 2.23. The van der Waals surface area contributed by atoms with E-state index in [0.29, 0.717) is 19.4 Å². The number of allylic oxidation sites excluding steroid dienone is 9. The first-order valence-corrected chi connectivity index (χ1v) is 38.6. The monoisotopic (exact) mass is 1270 g/mol. The molecule has 526 valence electrons. The maximum absolute atomic E-state index is 13.1. The van der Waals surface area contributed by atoms with Crippen LogP contribution < -0.4 is 5.32 Å². The van der Waals surface area contributed by atoms with Crippen LogP contribution in [0.15, 0.2) is 60.8 Å². The van der Waals surface area contributed by atoms with Crippen LogP contribution in [0.2, 0.25) is 0 Å². The molecule has 1 rings (SSSR count). The van der Waals surface area contributed by atoms with Crippen molar-refractivity contribution < 1.29 is 49.3 Å². The molecule has 6 N–H and O–H groups in total. The number of nitrogens with one attached hydrogen (secondary N) is 1. The number of carbonyl (C=O) groups is 2. The Hall–Kier alpha value is -2.64. The van der Waals surface area contributed by atoms with Gasteiger partial charge in [0.15, 0.2) is 6.29 Å². The van der Waals surface area contributed by atoms with E-state index in [1.54, 1.807) is 6.08 Å². The summed E-state index contributed by atoms with van der Waals surface area (Å²) in [4.78, 5) is 25.1. The summed E-state index contributed by atoms with van der Waals surface area (Å²) >= 11 is 0. The Morgan fingerprint density at radius 3 is 1.16 bits per heavy atom. The summed E-state index contributed by atoms with van der Waals surface area (Å²) < 4.78 is 16.8. The fourth-order valence-corrected chi connectivity index (χ4v) is 12.0. The zero-order chi connectivity index (χ0) is 65.1. The molecule has 0 radical (unpaired) electrons. The molecule has 11 nitrogen and oxygen atoms in total. The molecule has 1 heterocycles. The molecular weight excluding hydrogens is 1120 g/mol. The van der Waals surface area contributed by atoms with Crippen LogP contribution in [0.3, 0.4) is 0 Å². The number of carbonyl (C=O) groups excluding carboxylic acids is 2. The molecule has 0 aromatic carbocycles. The largest absolute Gasteiger partial charge is 0.466 e. The van der Waals surface area contributed by atoms with Crippen molar-refractivity contribution in [2.45, 2.75) is 410 Å². The van der Waals surface area contributed by atoms with E-state index >= 15 is 0 Å². The Balaban J connectivity index is 1.93. The molecule has 7 unspecified atom stereocenters. The van der Waals surface area contributed by atoms with Crippen molar-refractivity contribution in [1.82, 2.24) is 5.32 Å². The normalized spacial score (nSPS) is 18.0. The van der Waals surface area contributed by atoms with E-state index in [4.69, 9.17) is 14.2 Å². The van der Waals surface area contributed by atoms with Gasteiger partial charge in [0, 0.05) is 12.8 Å². The lowest BCUT2D eigenvalue weighted by Gasteiger charge is -2.40. The number of unbranched alkanes of at least 4 members (excludes halogenated alkanes) is 46. The number of aliphatic hydroxyl groups is 5. The molecule has 11 heteroatoms. The van der Waals surface area contributed by atoms with Gasteiger partial charge in [0.05, 0.1) is 32.0 Å². The van der Waals surface area contributed by atoms with E-state index in [-0.39, 0.29) is 18.5 Å². The summed E-state index contributed by atoms with van der Waals surface area (Å²) in [7, 11) is 0. The predicted molar refractivity (Wildman–Crippen MR) is 380 cm³/mol. The van der Waals surface area contributed by atoms with Crippen molar-refractivity contribution in [1.29, 1.82) is 0 Å². The van der Waals surface area contributed by atoms with Gasteiger partial charge in [-0.3, -0.25) is 9.59 Å². The standard InChI is InChI=1S/C79H145NO10/c1-3-5-7-9-11-13-15-17-43-47-51-55-59-63-67-75(84)88-68-64-60-56-52-48-44-40-38-36-34-32-30-28-26-24-22-20-18-19-21-23-25-27-29-31-33-35-37-39-42-46-50-54-58-62-66-74(83)80-71(70-89-79-78(87)77(86)76(85)73(69-81)90-79)72(82)65-61-57-53-49-45-41-16-14-12-10-8-6-4-2/h9,11,15,17,20,22,26,28,61,65,71-73,76-79,81-82,85-87H,3-8,10,12-14,16,18-19,21,23-25,27,29-60,62-64,66-70H2,1-2H3,(H,80,83)/b11-9-,17-15-,22-20-,28-26-,65-61+. The first-order chi connectivity index (χ1) is 44.2. The molecule has 1 aliphatic heterocycles. The lowest BCUT2D eigenvalue weighted by atomic mass is 9.99. The SMILES string of the molecule is CCCC/C=C\C/C=C\CCCCCCCC(=O)OCCCCCCCCCCCCC/C=C\C/C=C\CCCCCCCCCCCCCCCCCCCC(=O)NC(COC1OC(CO)C(O)C(O)C1O)C(O)/C=C/CCCCCCCCCCCCC. The summed E-state index contributed by atoms with van der Waals surface area (Å²) in [5.41, 5.74) is 0. The van der Waals surface area contributed by atoms with Crippen molar-refractivity contribution in [3.8, 4) is 0 Å². The van der Waals surface area contributed by atoms with Crippen LogP contribution in [-0.2, 0) is 23.8 Å². The lowest BCUT2D eigenvalue weighted by Crippen LogP contribution is -2.60. The summed E-state index contributed by atoms with van der Waals surface area (Å²) in [6, 6.07) is -0.809. The number of hydrogen-bond donors (Lipinski definition) is 6. The Morgan fingerprint density at radius 2 is 0.756 bits per heavy atom. The van der Waals surface area contributed by atoms with Gasteiger partial charge in [-0.15, -0.1) is 0 Å². The van der Waals surface area contributed by atoms with Crippen LogP contribution in [-0.4, -0.2) is 100 Å². The maximum atomic E-state index is 13.1. The van der Waals surface area contributed by atoms with Gasteiger partial charge in [-0.1, -0.05) is 325 Å². The van der Waals surface area contributed by atoms with E-state index in [2.05, 4.69) is 67.8 Å². The van der Waals surface area contributed by atoms with Crippen LogP contribution in [0.25, 0.3) is 0 Å². The van der Waals surface area contributed by atoms with Crippen molar-refractivity contribution in [3.63, 3.8) is 0 Å². The second-order valence-electron chi connectivity index (χ2n) is 26.7. The van der Waals surface area contributed by atoms with E-state index in [9.17, 15) is 35.1 Å². The molecule has 7 atom stereocenters. The van der Waals surface area contributed by atoms with Gasteiger partial charge in [-0.2, -0.15) is 0 Å². The molecule has 0 aliphatic carbocycles. The molecule has 0 aromatic heterocycles. The van der Waals surface area contributed by atoms with Gasteiger partial charge in [0.1, 0.15) is 24.4 Å². The minimum Gasteiger partial charge on any atom is -0.466 e. The Bertz CT molecular complexity index is 1680. The Kier molecular flexibility index (Phi) is 64.3. The number of amides is 1. The van der Waals surface area contributed by atoms with Gasteiger partial charge in [0.2, 0.25) is 5.91 Å². The molecule has 0 spiro atoms. The van der Waals surface area contributed by atoms with Crippen LogP contribution in [0.1, 0.15) is 367 Å². The molecule has 90 heavy (non-hydrogen) atoms. The van der Waals surface area contributed by atoms with Crippen molar-refractivity contribution in [2.24, 2.45) is 0 Å². The van der Waals surface area contributed by atoms with Crippen molar-refractivity contribution in [3.05, 3.63) is 60.8 Å². The van der Waals surface area contributed by atoms with Crippen molar-refractivity contribution >= 4 is 11.9 Å². The fourth-order valence-electron chi connectivity index (χ4n) is 12.0. The van der Waals surface area contributed by atoms with Gasteiger partial charge in [-0.25, -0.2) is 0 Å². The molecule has 1 amide bonds. The van der Waals surface area contributed by atoms with Gasteiger partial charge < -0.3 is 45.1 Å². The quantitative estimate of drug-likeness (QED) is 0.0195. The highest BCUT2D eigenvalue weighted by Gasteiger charge is 2.44. The third kappa shape index (κ3) is 55.8. The minimum atomic E-state index is -1.57. The second-order valence-corrected chi connectivity index (χ2v) is 26.7. The molecule has 0 bridgehead atoms. The summed E-state index contributed by atoms with van der Waals surface area (Å²) in [5, 5.41) is 54.6. The highest BCUT2D eigenvalue weighted by atomic mass is 16.7. The average molecular weight is 1270 g/mol. The highest BCUT2D eigenvalue weighted by molar-refractivity contribution is 5.76. The van der Waals surface area contributed by atoms with Crippen LogP contribution in [0, 0.1) is 0 Å². The first kappa shape index (κ1) is 85.4. The number of esters is 1. The minimum absolute atomic E-state index is 0.00462. The van der Waals surface area contributed by atoms with E-state index < -0.39 is 49.5 Å². The molecule has 1 aliphatic rings. The molecule has 0 saturated carbocycles. The predicted octanol–water partition coefficient (Wildman–Crippen LogP) is 20.5. The summed E-state index contributed by atoms with van der Waals surface area (Å²) in [5.74, 6) is -0.182.